The van der Waals surface area contributed by atoms with E-state index in [1.165, 1.54) is 38.5 Å². The first-order valence-corrected chi connectivity index (χ1v) is 18.5. The monoisotopic (exact) mass is 644 g/mol. The van der Waals surface area contributed by atoms with Crippen LogP contribution >= 0.6 is 0 Å². The van der Waals surface area contributed by atoms with Crippen LogP contribution in [0.15, 0.2) is 8.83 Å². The number of oxazole rings is 2. The highest BCUT2D eigenvalue weighted by Gasteiger charge is 2.28. The van der Waals surface area contributed by atoms with Gasteiger partial charge < -0.3 is 43.5 Å². The van der Waals surface area contributed by atoms with Crippen LogP contribution in [0.4, 0.5) is 11.8 Å². The smallest absolute Gasteiger partial charge is 0.219 e. The maximum Gasteiger partial charge on any atom is 0.219 e. The number of fused-ring (bicyclic) bond motifs is 4. The third-order valence-electron chi connectivity index (χ3n) is 9.37. The summed E-state index contributed by atoms with van der Waals surface area (Å²) in [5.41, 5.74) is 2.09. The lowest BCUT2D eigenvalue weighted by molar-refractivity contribution is 0.120. The molecule has 46 heavy (non-hydrogen) atoms. The molecule has 2 aromatic rings. The quantitative estimate of drug-likeness (QED) is 0.276. The highest BCUT2D eigenvalue weighted by Crippen LogP contribution is 2.32. The summed E-state index contributed by atoms with van der Waals surface area (Å²) >= 11 is 0. The first-order valence-electron chi connectivity index (χ1n) is 18.5. The Bertz CT molecular complexity index is 1030. The normalized spacial score (nSPS) is 22.5. The van der Waals surface area contributed by atoms with E-state index in [0.29, 0.717) is 39.6 Å². The van der Waals surface area contributed by atoms with E-state index in [9.17, 15) is 0 Å². The number of unbranched alkanes of at least 4 members (excludes halogenated alkanes) is 6. The Morgan fingerprint density at radius 1 is 0.587 bits per heavy atom. The summed E-state index contributed by atoms with van der Waals surface area (Å²) in [5.74, 6) is 3.44. The molecule has 0 amide bonds. The van der Waals surface area contributed by atoms with Crippen molar-refractivity contribution in [2.24, 2.45) is 0 Å². The van der Waals surface area contributed by atoms with Crippen LogP contribution in [-0.4, -0.2) is 88.9 Å². The van der Waals surface area contributed by atoms with E-state index in [2.05, 4.69) is 34.3 Å². The maximum absolute atomic E-state index is 6.65. The van der Waals surface area contributed by atoms with Crippen LogP contribution in [-0.2, 0) is 27.1 Å². The average Bonchev–Trinajstić information content (AvgIpc) is 3.71. The molecular weight excluding hydrogens is 584 g/mol. The minimum absolute atomic E-state index is 0.0736. The van der Waals surface area contributed by atoms with Gasteiger partial charge in [0.2, 0.25) is 23.5 Å². The fourth-order valence-corrected chi connectivity index (χ4v) is 6.69. The number of hydrogen-bond donors (Lipinski definition) is 2. The van der Waals surface area contributed by atoms with Gasteiger partial charge in [-0.1, -0.05) is 65.2 Å². The van der Waals surface area contributed by atoms with Crippen molar-refractivity contribution in [3.63, 3.8) is 0 Å². The van der Waals surface area contributed by atoms with Gasteiger partial charge in [0.15, 0.2) is 0 Å². The number of aryl methyl sites for hydroxylation is 2. The van der Waals surface area contributed by atoms with Crippen LogP contribution in [0.25, 0.3) is 0 Å². The molecule has 0 aliphatic carbocycles. The summed E-state index contributed by atoms with van der Waals surface area (Å²) in [4.78, 5) is 15.0. The average molecular weight is 645 g/mol. The second-order valence-corrected chi connectivity index (χ2v) is 13.0. The molecule has 0 saturated carbocycles. The summed E-state index contributed by atoms with van der Waals surface area (Å²) in [6, 6.07) is 0.147. The Balaban J connectivity index is 1.39. The van der Waals surface area contributed by atoms with Gasteiger partial charge >= 0.3 is 0 Å². The summed E-state index contributed by atoms with van der Waals surface area (Å²) in [5, 5.41) is 7.47. The molecule has 4 bridgehead atoms. The zero-order chi connectivity index (χ0) is 31.8. The Morgan fingerprint density at radius 2 is 1.02 bits per heavy atom. The number of morpholine rings is 2. The van der Waals surface area contributed by atoms with Crippen LogP contribution in [0.3, 0.4) is 0 Å². The van der Waals surface area contributed by atoms with E-state index < -0.39 is 0 Å². The van der Waals surface area contributed by atoms with Gasteiger partial charge in [-0.25, -0.2) is 9.97 Å². The molecule has 5 rings (SSSR count). The van der Waals surface area contributed by atoms with Gasteiger partial charge in [-0.15, -0.1) is 0 Å². The third kappa shape index (κ3) is 10.4. The Morgan fingerprint density at radius 3 is 1.46 bits per heavy atom. The van der Waals surface area contributed by atoms with Crippen LogP contribution in [0.1, 0.15) is 120 Å². The molecule has 11 nitrogen and oxygen atoms in total. The standard InChI is InChI=1S/C35H60N6O5/c1-3-5-7-9-12-28-32-38-30(34(45-32)40-18-24-43-25-19-40)14-11-15-31-35(41-20-26-44-27-21-41)46-33(39-31)29(13-10-8-6-4-2)37-17-23-42-22-16-36-28/h28-29,36-37H,3-27H2,1-2H3. The second kappa shape index (κ2) is 19.6. The molecule has 2 aromatic heterocycles. The van der Waals surface area contributed by atoms with Crippen molar-refractivity contribution in [3.05, 3.63) is 23.2 Å². The number of nitrogens with zero attached hydrogens (tertiary/aromatic N) is 4. The molecule has 3 aliphatic heterocycles. The SMILES string of the molecule is CCCCCCC1NCCOCCNC(CCCCCC)c2nc(c(N3CCOCC3)o2)CCCc2nc1oc2N1CCOCC1. The molecule has 2 fully saturated rings. The number of hydrogen-bond acceptors (Lipinski definition) is 11. The lowest BCUT2D eigenvalue weighted by Gasteiger charge is -2.27. The predicted octanol–water partition coefficient (Wildman–Crippen LogP) is 5.74. The van der Waals surface area contributed by atoms with Crippen LogP contribution in [0.2, 0.25) is 0 Å². The summed E-state index contributed by atoms with van der Waals surface area (Å²) in [6.45, 7) is 13.5. The van der Waals surface area contributed by atoms with Gasteiger partial charge in [0.05, 0.1) is 51.7 Å². The first kappa shape index (κ1) is 35.1. The number of anilines is 2. The molecule has 3 aliphatic rings. The van der Waals surface area contributed by atoms with Gasteiger partial charge in [0, 0.05) is 39.3 Å². The van der Waals surface area contributed by atoms with Gasteiger partial charge in [0.1, 0.15) is 11.4 Å². The molecule has 0 radical (unpaired) electrons. The predicted molar refractivity (Wildman–Crippen MR) is 181 cm³/mol. The van der Waals surface area contributed by atoms with E-state index in [0.717, 1.165) is 119 Å². The van der Waals surface area contributed by atoms with E-state index in [-0.39, 0.29) is 12.1 Å². The Hall–Kier alpha value is -2.18. The molecule has 11 heteroatoms. The molecule has 0 spiro atoms. The highest BCUT2D eigenvalue weighted by atomic mass is 16.5. The molecule has 2 atom stereocenters. The van der Waals surface area contributed by atoms with Crippen molar-refractivity contribution in [2.45, 2.75) is 109 Å². The minimum Gasteiger partial charge on any atom is -0.423 e. The fraction of sp³-hybridized carbons (Fsp3) is 0.829. The molecule has 5 heterocycles. The first-order chi connectivity index (χ1) is 22.8. The van der Waals surface area contributed by atoms with Crippen LogP contribution in [0, 0.1) is 0 Å². The van der Waals surface area contributed by atoms with Crippen LogP contribution < -0.4 is 20.4 Å². The van der Waals surface area contributed by atoms with Crippen LogP contribution in [0.5, 0.6) is 0 Å². The van der Waals surface area contributed by atoms with Gasteiger partial charge in [-0.05, 0) is 32.1 Å². The third-order valence-corrected chi connectivity index (χ3v) is 9.37. The summed E-state index contributed by atoms with van der Waals surface area (Å²) < 4.78 is 30.7. The highest BCUT2D eigenvalue weighted by molar-refractivity contribution is 5.44. The Labute approximate surface area is 276 Å². The largest absolute Gasteiger partial charge is 0.423 e. The fourth-order valence-electron chi connectivity index (χ4n) is 6.69. The summed E-state index contributed by atoms with van der Waals surface area (Å²) in [7, 11) is 0. The van der Waals surface area contributed by atoms with Crippen molar-refractivity contribution in [1.29, 1.82) is 0 Å². The van der Waals surface area contributed by atoms with Crippen molar-refractivity contribution in [2.75, 3.05) is 88.7 Å². The Kier molecular flexibility index (Phi) is 15.0. The summed E-state index contributed by atoms with van der Waals surface area (Å²) in [6.07, 6.45) is 14.3. The zero-order valence-corrected chi connectivity index (χ0v) is 28.7. The molecule has 260 valence electrons. The van der Waals surface area contributed by atoms with E-state index in [1.807, 2.05) is 0 Å². The van der Waals surface area contributed by atoms with Crippen molar-refractivity contribution in [1.82, 2.24) is 20.6 Å². The lowest BCUT2D eigenvalue weighted by Crippen LogP contribution is -2.36. The molecule has 2 saturated heterocycles. The van der Waals surface area contributed by atoms with Gasteiger partial charge in [-0.3, -0.25) is 0 Å². The number of aromatic nitrogens is 2. The number of nitrogens with one attached hydrogen (secondary N) is 2. The van der Waals surface area contributed by atoms with Crippen molar-refractivity contribution >= 4 is 11.8 Å². The number of ether oxygens (including phenoxy) is 3. The molecule has 2 unspecified atom stereocenters. The van der Waals surface area contributed by atoms with Crippen molar-refractivity contribution in [3.8, 4) is 0 Å². The zero-order valence-electron chi connectivity index (χ0n) is 28.7. The molecular formula is C35H60N6O5. The molecule has 0 aromatic carbocycles. The van der Waals surface area contributed by atoms with E-state index in [1.54, 1.807) is 0 Å². The molecule has 2 N–H and O–H groups in total. The lowest BCUT2D eigenvalue weighted by atomic mass is 10.1. The number of rotatable bonds is 12. The minimum atomic E-state index is 0.0736. The van der Waals surface area contributed by atoms with Gasteiger partial charge in [0.25, 0.3) is 0 Å². The topological polar surface area (TPSA) is 110 Å². The van der Waals surface area contributed by atoms with Crippen molar-refractivity contribution < 1.29 is 23.0 Å². The van der Waals surface area contributed by atoms with Gasteiger partial charge in [-0.2, -0.15) is 0 Å². The second-order valence-electron chi connectivity index (χ2n) is 13.0. The van der Waals surface area contributed by atoms with E-state index in [4.69, 9.17) is 33.0 Å². The maximum atomic E-state index is 6.65. The van der Waals surface area contributed by atoms with E-state index >= 15 is 0 Å².